The first-order valence-electron chi connectivity index (χ1n) is 11.2. The van der Waals surface area contributed by atoms with Crippen molar-refractivity contribution >= 4 is 35.5 Å². The molecule has 0 aromatic carbocycles. The van der Waals surface area contributed by atoms with Crippen LogP contribution in [0.1, 0.15) is 52.4 Å². The van der Waals surface area contributed by atoms with Gasteiger partial charge in [0.05, 0.1) is 6.04 Å². The molecule has 0 aromatic heterocycles. The van der Waals surface area contributed by atoms with Crippen molar-refractivity contribution in [2.45, 2.75) is 76.5 Å². The molecule has 0 spiro atoms. The molecule has 0 saturated carbocycles. The lowest BCUT2D eigenvalue weighted by atomic mass is 10.0. The molecule has 1 saturated heterocycles. The van der Waals surface area contributed by atoms with Crippen LogP contribution < -0.4 is 22.1 Å². The molecule has 3 amide bonds. The van der Waals surface area contributed by atoms with E-state index in [0.29, 0.717) is 45.2 Å². The second-order valence-corrected chi connectivity index (χ2v) is 9.48. The van der Waals surface area contributed by atoms with Crippen molar-refractivity contribution in [3.8, 4) is 0 Å². The molecule has 4 unspecified atom stereocenters. The third kappa shape index (κ3) is 8.59. The number of aliphatic carboxylic acids is 1. The van der Waals surface area contributed by atoms with E-state index >= 15 is 0 Å². The van der Waals surface area contributed by atoms with Gasteiger partial charge in [-0.15, -0.1) is 0 Å². The first-order valence-corrected chi connectivity index (χ1v) is 12.6. The quantitative estimate of drug-likeness (QED) is 0.218. The van der Waals surface area contributed by atoms with Gasteiger partial charge in [-0.1, -0.05) is 13.8 Å². The lowest BCUT2D eigenvalue weighted by Gasteiger charge is -2.31. The van der Waals surface area contributed by atoms with E-state index in [9.17, 15) is 24.3 Å². The monoisotopic (exact) mass is 473 g/mol. The van der Waals surface area contributed by atoms with Gasteiger partial charge in [0.2, 0.25) is 17.7 Å². The highest BCUT2D eigenvalue weighted by molar-refractivity contribution is 7.98. The van der Waals surface area contributed by atoms with E-state index in [1.54, 1.807) is 11.8 Å². The number of thioether (sulfide) groups is 1. The molecule has 1 aliphatic rings. The van der Waals surface area contributed by atoms with Crippen molar-refractivity contribution < 1.29 is 24.3 Å². The third-order valence-corrected chi connectivity index (χ3v) is 6.24. The molecule has 0 aliphatic carbocycles. The number of hydrogen-bond acceptors (Lipinski definition) is 7. The van der Waals surface area contributed by atoms with Crippen LogP contribution in [0.5, 0.6) is 0 Å². The Kier molecular flexibility index (Phi) is 12.6. The van der Waals surface area contributed by atoms with Gasteiger partial charge in [0, 0.05) is 6.54 Å². The highest BCUT2D eigenvalue weighted by Gasteiger charge is 2.39. The number of nitrogens with two attached hydrogens (primary N) is 2. The topological polar surface area (TPSA) is 168 Å². The van der Waals surface area contributed by atoms with Crippen molar-refractivity contribution in [1.82, 2.24) is 15.5 Å². The Labute approximate surface area is 194 Å². The largest absolute Gasteiger partial charge is 0.480 e. The minimum Gasteiger partial charge on any atom is -0.480 e. The summed E-state index contributed by atoms with van der Waals surface area (Å²) in [7, 11) is 0. The van der Waals surface area contributed by atoms with Gasteiger partial charge in [-0.25, -0.2) is 4.79 Å². The number of nitrogens with one attached hydrogen (secondary N) is 2. The van der Waals surface area contributed by atoms with Crippen molar-refractivity contribution in [3.63, 3.8) is 0 Å². The zero-order valence-corrected chi connectivity index (χ0v) is 20.2. The predicted octanol–water partition coefficient (Wildman–Crippen LogP) is -0.103. The molecule has 1 aliphatic heterocycles. The Morgan fingerprint density at radius 1 is 1.16 bits per heavy atom. The first-order chi connectivity index (χ1) is 15.1. The van der Waals surface area contributed by atoms with Crippen LogP contribution in [0.4, 0.5) is 0 Å². The van der Waals surface area contributed by atoms with Crippen LogP contribution in [0.2, 0.25) is 0 Å². The number of carbonyl (C=O) groups excluding carboxylic acids is 3. The lowest BCUT2D eigenvalue weighted by Crippen LogP contribution is -2.58. The number of rotatable bonds is 14. The maximum Gasteiger partial charge on any atom is 0.326 e. The summed E-state index contributed by atoms with van der Waals surface area (Å²) in [5.41, 5.74) is 11.4. The molecular formula is C21H39N5O5S. The summed E-state index contributed by atoms with van der Waals surface area (Å²) in [5, 5.41) is 14.7. The summed E-state index contributed by atoms with van der Waals surface area (Å²) >= 11 is 1.59. The van der Waals surface area contributed by atoms with Crippen LogP contribution in [0.15, 0.2) is 0 Å². The second-order valence-electron chi connectivity index (χ2n) is 8.49. The van der Waals surface area contributed by atoms with Gasteiger partial charge in [-0.05, 0) is 63.0 Å². The van der Waals surface area contributed by atoms with E-state index in [4.69, 9.17) is 11.5 Å². The summed E-state index contributed by atoms with van der Waals surface area (Å²) in [6, 6.07) is -3.31. The molecule has 0 radical (unpaired) electrons. The van der Waals surface area contributed by atoms with Crippen LogP contribution in [0, 0.1) is 5.92 Å². The molecule has 0 bridgehead atoms. The number of likely N-dealkylation sites (tertiary alicyclic amines) is 1. The van der Waals surface area contributed by atoms with Gasteiger partial charge in [-0.2, -0.15) is 11.8 Å². The second kappa shape index (κ2) is 14.3. The fourth-order valence-corrected chi connectivity index (χ4v) is 4.14. The van der Waals surface area contributed by atoms with Crippen molar-refractivity contribution in [1.29, 1.82) is 0 Å². The number of carboxylic acid groups (broad SMARTS) is 1. The van der Waals surface area contributed by atoms with Crippen molar-refractivity contribution in [3.05, 3.63) is 0 Å². The Balaban J connectivity index is 2.84. The first kappa shape index (κ1) is 28.2. The van der Waals surface area contributed by atoms with Gasteiger partial charge in [0.25, 0.3) is 0 Å². The molecule has 7 N–H and O–H groups in total. The SMILES string of the molecule is CSCCC(N)C(=O)NC(C(=O)N1CCCC1C(=O)NC(CCCCN)C(=O)O)C(C)C. The van der Waals surface area contributed by atoms with Crippen LogP contribution in [0.25, 0.3) is 0 Å². The summed E-state index contributed by atoms with van der Waals surface area (Å²) in [6.45, 7) is 4.46. The summed E-state index contributed by atoms with van der Waals surface area (Å²) in [6.07, 6.45) is 5.02. The zero-order chi connectivity index (χ0) is 24.3. The molecule has 4 atom stereocenters. The predicted molar refractivity (Wildman–Crippen MR) is 125 cm³/mol. The Hall–Kier alpha value is -1.85. The Bertz CT molecular complexity index is 648. The molecule has 11 heteroatoms. The van der Waals surface area contributed by atoms with Gasteiger partial charge in [0.15, 0.2) is 0 Å². The van der Waals surface area contributed by atoms with Crippen molar-refractivity contribution in [2.24, 2.45) is 17.4 Å². The number of nitrogens with zero attached hydrogens (tertiary/aromatic N) is 1. The molecule has 1 rings (SSSR count). The van der Waals surface area contributed by atoms with Crippen LogP contribution in [-0.2, 0) is 19.2 Å². The van der Waals surface area contributed by atoms with E-state index in [1.807, 2.05) is 20.1 Å². The van der Waals surface area contributed by atoms with Crippen molar-refractivity contribution in [2.75, 3.05) is 25.1 Å². The van der Waals surface area contributed by atoms with Gasteiger partial charge in [-0.3, -0.25) is 14.4 Å². The number of hydrogen-bond donors (Lipinski definition) is 5. The maximum absolute atomic E-state index is 13.3. The molecular weight excluding hydrogens is 434 g/mol. The number of amides is 3. The van der Waals surface area contributed by atoms with Crippen LogP contribution >= 0.6 is 11.8 Å². The molecule has 1 heterocycles. The van der Waals surface area contributed by atoms with Crippen LogP contribution in [0.3, 0.4) is 0 Å². The molecule has 10 nitrogen and oxygen atoms in total. The van der Waals surface area contributed by atoms with E-state index in [1.165, 1.54) is 4.90 Å². The maximum atomic E-state index is 13.3. The summed E-state index contributed by atoms with van der Waals surface area (Å²) in [5.74, 6) is -1.81. The minimum atomic E-state index is -1.11. The summed E-state index contributed by atoms with van der Waals surface area (Å²) in [4.78, 5) is 51.6. The Morgan fingerprint density at radius 3 is 2.41 bits per heavy atom. The lowest BCUT2D eigenvalue weighted by molar-refractivity contribution is -0.145. The minimum absolute atomic E-state index is 0.202. The zero-order valence-electron chi connectivity index (χ0n) is 19.3. The van der Waals surface area contributed by atoms with Gasteiger partial charge in [0.1, 0.15) is 18.1 Å². The Morgan fingerprint density at radius 2 is 1.84 bits per heavy atom. The fraction of sp³-hybridized carbons (Fsp3) is 0.810. The normalized spacial score (nSPS) is 18.8. The smallest absolute Gasteiger partial charge is 0.326 e. The van der Waals surface area contributed by atoms with Crippen LogP contribution in [-0.4, -0.2) is 83.0 Å². The average Bonchev–Trinajstić information content (AvgIpc) is 3.24. The number of carbonyl (C=O) groups is 4. The molecule has 0 aromatic rings. The standard InChI is InChI=1S/C21H39N5O5S/c1-13(2)17(25-18(27)14(23)9-12-32-3)20(29)26-11-6-8-16(26)19(28)24-15(21(30)31)7-4-5-10-22/h13-17H,4-12,22-23H2,1-3H3,(H,24,28)(H,25,27)(H,30,31). The fourth-order valence-electron chi connectivity index (χ4n) is 3.65. The van der Waals surface area contributed by atoms with E-state index in [-0.39, 0.29) is 18.2 Å². The molecule has 32 heavy (non-hydrogen) atoms. The van der Waals surface area contributed by atoms with E-state index in [0.717, 1.165) is 5.75 Å². The van der Waals surface area contributed by atoms with Gasteiger partial charge >= 0.3 is 5.97 Å². The van der Waals surface area contributed by atoms with E-state index in [2.05, 4.69) is 10.6 Å². The highest BCUT2D eigenvalue weighted by Crippen LogP contribution is 2.21. The van der Waals surface area contributed by atoms with E-state index < -0.39 is 42.0 Å². The van der Waals surface area contributed by atoms with Gasteiger partial charge < -0.3 is 32.1 Å². The summed E-state index contributed by atoms with van der Waals surface area (Å²) < 4.78 is 0. The molecule has 184 valence electrons. The average molecular weight is 474 g/mol. The molecule has 1 fully saturated rings. The number of unbranched alkanes of at least 4 members (excludes halogenated alkanes) is 1. The highest BCUT2D eigenvalue weighted by atomic mass is 32.2. The third-order valence-electron chi connectivity index (χ3n) is 5.60. The number of carboxylic acids is 1.